The van der Waals surface area contributed by atoms with E-state index < -0.39 is 0 Å². The van der Waals surface area contributed by atoms with Crippen molar-refractivity contribution in [3.8, 4) is 0 Å². The minimum absolute atomic E-state index is 0.197. The summed E-state index contributed by atoms with van der Waals surface area (Å²) in [6.45, 7) is 0. The summed E-state index contributed by atoms with van der Waals surface area (Å²) in [5, 5.41) is 0.950. The van der Waals surface area contributed by atoms with Gasteiger partial charge >= 0.3 is 0 Å². The molecule has 0 N–H and O–H groups in total. The maximum Gasteiger partial charge on any atom is 0.147 e. The zero-order chi connectivity index (χ0) is 15.3. The minimum Gasteiger partial charge on any atom is -0.348 e. The van der Waals surface area contributed by atoms with Crippen molar-refractivity contribution >= 4 is 17.0 Å². The van der Waals surface area contributed by atoms with Crippen molar-refractivity contribution in [2.45, 2.75) is 12.8 Å². The summed E-state index contributed by atoms with van der Waals surface area (Å²) in [7, 11) is 1.86. The highest BCUT2D eigenvalue weighted by molar-refractivity contribution is 5.85. The van der Waals surface area contributed by atoms with Gasteiger partial charge in [-0.3, -0.25) is 0 Å². The summed E-state index contributed by atoms with van der Waals surface area (Å²) in [5.74, 6) is -0.402. The zero-order valence-corrected chi connectivity index (χ0v) is 12.2. The molecule has 0 fully saturated rings. The number of benzene rings is 2. The molecular formula is C19H15F2N. The Balaban J connectivity index is 1.71. The van der Waals surface area contributed by atoms with Crippen LogP contribution in [0.15, 0.2) is 48.2 Å². The van der Waals surface area contributed by atoms with Crippen LogP contribution in [0, 0.1) is 11.6 Å². The molecule has 3 heteroatoms. The van der Waals surface area contributed by atoms with Crippen LogP contribution in [0.25, 0.3) is 17.0 Å². The van der Waals surface area contributed by atoms with Crippen molar-refractivity contribution in [1.29, 1.82) is 0 Å². The Morgan fingerprint density at radius 2 is 2.00 bits per heavy atom. The second kappa shape index (κ2) is 4.80. The molecule has 1 aliphatic rings. The first-order valence-electron chi connectivity index (χ1n) is 7.32. The molecule has 0 unspecified atom stereocenters. The van der Waals surface area contributed by atoms with E-state index in [0.717, 1.165) is 34.9 Å². The van der Waals surface area contributed by atoms with E-state index in [0.29, 0.717) is 5.52 Å². The molecule has 1 aliphatic carbocycles. The fourth-order valence-corrected chi connectivity index (χ4v) is 3.38. The van der Waals surface area contributed by atoms with E-state index in [9.17, 15) is 8.78 Å². The van der Waals surface area contributed by atoms with Crippen LogP contribution in [0.1, 0.15) is 16.7 Å². The topological polar surface area (TPSA) is 4.93 Å². The molecule has 0 saturated heterocycles. The Labute approximate surface area is 127 Å². The lowest BCUT2D eigenvalue weighted by atomic mass is 10.0. The Hall–Kier alpha value is -2.42. The molecule has 2 aromatic carbocycles. The quantitative estimate of drug-likeness (QED) is 0.649. The van der Waals surface area contributed by atoms with Crippen LogP contribution < -0.4 is 0 Å². The van der Waals surface area contributed by atoms with Crippen molar-refractivity contribution < 1.29 is 8.78 Å². The SMILES string of the molecule is Cn1cc(CC2=Cc3cc(F)ccc3C2)c2cccc(F)c21. The van der Waals surface area contributed by atoms with E-state index in [-0.39, 0.29) is 11.6 Å². The number of hydrogen-bond donors (Lipinski definition) is 0. The van der Waals surface area contributed by atoms with Gasteiger partial charge in [0.05, 0.1) is 5.52 Å². The number of halogens is 2. The molecule has 0 saturated carbocycles. The van der Waals surface area contributed by atoms with E-state index in [2.05, 4.69) is 6.08 Å². The van der Waals surface area contributed by atoms with Gasteiger partial charge in [-0.1, -0.05) is 29.8 Å². The highest BCUT2D eigenvalue weighted by Gasteiger charge is 2.16. The van der Waals surface area contributed by atoms with E-state index in [1.54, 1.807) is 12.1 Å². The predicted molar refractivity (Wildman–Crippen MR) is 84.7 cm³/mol. The van der Waals surface area contributed by atoms with Gasteiger partial charge in [0.2, 0.25) is 0 Å². The first-order valence-corrected chi connectivity index (χ1v) is 7.32. The van der Waals surface area contributed by atoms with Crippen LogP contribution in [0.5, 0.6) is 0 Å². The lowest BCUT2D eigenvalue weighted by Crippen LogP contribution is -1.90. The number of allylic oxidation sites excluding steroid dienone is 1. The van der Waals surface area contributed by atoms with E-state index in [1.165, 1.54) is 17.7 Å². The largest absolute Gasteiger partial charge is 0.348 e. The Kier molecular flexibility index (Phi) is 2.89. The van der Waals surface area contributed by atoms with Crippen molar-refractivity contribution in [3.05, 3.63) is 76.5 Å². The molecule has 0 spiro atoms. The number of para-hydroxylation sites is 1. The van der Waals surface area contributed by atoms with Gasteiger partial charge in [0.1, 0.15) is 11.6 Å². The summed E-state index contributed by atoms with van der Waals surface area (Å²) in [6, 6.07) is 10.1. The van der Waals surface area contributed by atoms with Crippen LogP contribution in [0.3, 0.4) is 0 Å². The van der Waals surface area contributed by atoms with Gasteiger partial charge in [0.25, 0.3) is 0 Å². The molecule has 110 valence electrons. The molecule has 4 rings (SSSR count). The summed E-state index contributed by atoms with van der Waals surface area (Å²) in [4.78, 5) is 0. The fourth-order valence-electron chi connectivity index (χ4n) is 3.38. The smallest absolute Gasteiger partial charge is 0.147 e. The van der Waals surface area contributed by atoms with E-state index >= 15 is 0 Å². The van der Waals surface area contributed by atoms with Gasteiger partial charge in [0, 0.05) is 18.6 Å². The van der Waals surface area contributed by atoms with Gasteiger partial charge in [0.15, 0.2) is 0 Å². The second-order valence-corrected chi connectivity index (χ2v) is 5.90. The highest BCUT2D eigenvalue weighted by atomic mass is 19.1. The van der Waals surface area contributed by atoms with Gasteiger partial charge in [-0.15, -0.1) is 0 Å². The molecular weight excluding hydrogens is 280 g/mol. The lowest BCUT2D eigenvalue weighted by Gasteiger charge is -2.01. The second-order valence-electron chi connectivity index (χ2n) is 5.90. The predicted octanol–water partition coefficient (Wildman–Crippen LogP) is 4.64. The first kappa shape index (κ1) is 13.3. The fraction of sp³-hybridized carbons (Fsp3) is 0.158. The van der Waals surface area contributed by atoms with Gasteiger partial charge in [-0.05, 0) is 47.7 Å². The molecule has 0 aliphatic heterocycles. The number of nitrogens with zero attached hydrogens (tertiary/aromatic N) is 1. The van der Waals surface area contributed by atoms with E-state index in [1.807, 2.05) is 29.9 Å². The molecule has 1 aromatic heterocycles. The standard InChI is InChI=1S/C19H15F2N/c1-22-11-15(17-3-2-4-18(21)19(17)22)9-12-7-13-5-6-16(20)10-14(13)8-12/h2-6,8,10-11H,7,9H2,1H3. The van der Waals surface area contributed by atoms with Crippen LogP contribution in [-0.2, 0) is 19.9 Å². The highest BCUT2D eigenvalue weighted by Crippen LogP contribution is 2.31. The maximum atomic E-state index is 14.0. The molecule has 3 aromatic rings. The Morgan fingerprint density at radius 3 is 2.86 bits per heavy atom. The summed E-state index contributed by atoms with van der Waals surface area (Å²) in [6.07, 6.45) is 5.63. The normalized spacial score (nSPS) is 13.5. The Bertz CT molecular complexity index is 919. The molecule has 0 radical (unpaired) electrons. The third kappa shape index (κ3) is 2.05. The van der Waals surface area contributed by atoms with Crippen LogP contribution in [0.4, 0.5) is 8.78 Å². The number of fused-ring (bicyclic) bond motifs is 2. The number of hydrogen-bond acceptors (Lipinski definition) is 0. The number of aryl methyl sites for hydroxylation is 1. The Morgan fingerprint density at radius 1 is 1.14 bits per heavy atom. The van der Waals surface area contributed by atoms with Crippen molar-refractivity contribution in [1.82, 2.24) is 4.57 Å². The third-order valence-corrected chi connectivity index (χ3v) is 4.34. The maximum absolute atomic E-state index is 14.0. The molecule has 1 heterocycles. The first-order chi connectivity index (χ1) is 10.6. The summed E-state index contributed by atoms with van der Waals surface area (Å²) in [5.41, 5.74) is 5.10. The van der Waals surface area contributed by atoms with Crippen molar-refractivity contribution in [3.63, 3.8) is 0 Å². The van der Waals surface area contributed by atoms with Crippen LogP contribution in [0.2, 0.25) is 0 Å². The number of aromatic nitrogens is 1. The van der Waals surface area contributed by atoms with E-state index in [4.69, 9.17) is 0 Å². The average Bonchev–Trinajstić information content (AvgIpc) is 3.01. The van der Waals surface area contributed by atoms with Crippen LogP contribution in [-0.4, -0.2) is 4.57 Å². The van der Waals surface area contributed by atoms with Crippen molar-refractivity contribution in [2.24, 2.45) is 7.05 Å². The summed E-state index contributed by atoms with van der Waals surface area (Å²) < 4.78 is 29.1. The molecule has 1 nitrogen and oxygen atoms in total. The third-order valence-electron chi connectivity index (χ3n) is 4.34. The lowest BCUT2D eigenvalue weighted by molar-refractivity contribution is 0.627. The molecule has 22 heavy (non-hydrogen) atoms. The zero-order valence-electron chi connectivity index (χ0n) is 12.2. The van der Waals surface area contributed by atoms with Gasteiger partial charge in [-0.2, -0.15) is 0 Å². The monoisotopic (exact) mass is 295 g/mol. The van der Waals surface area contributed by atoms with Gasteiger partial charge < -0.3 is 4.57 Å². The number of rotatable bonds is 2. The molecule has 0 bridgehead atoms. The van der Waals surface area contributed by atoms with Crippen molar-refractivity contribution in [2.75, 3.05) is 0 Å². The minimum atomic E-state index is -0.205. The van der Waals surface area contributed by atoms with Crippen LogP contribution >= 0.6 is 0 Å². The molecule has 0 atom stereocenters. The average molecular weight is 295 g/mol. The molecule has 0 amide bonds. The summed E-state index contributed by atoms with van der Waals surface area (Å²) >= 11 is 0. The van der Waals surface area contributed by atoms with Gasteiger partial charge in [-0.25, -0.2) is 8.78 Å².